The van der Waals surface area contributed by atoms with E-state index < -0.39 is 0 Å². The summed E-state index contributed by atoms with van der Waals surface area (Å²) < 4.78 is 0. The van der Waals surface area contributed by atoms with Gasteiger partial charge >= 0.3 is 0 Å². The lowest BCUT2D eigenvalue weighted by atomic mass is 10.1. The molecule has 1 heterocycles. The Morgan fingerprint density at radius 2 is 2.00 bits per heavy atom. The Bertz CT molecular complexity index is 592. The van der Waals surface area contributed by atoms with Gasteiger partial charge in [0.1, 0.15) is 5.82 Å². The summed E-state index contributed by atoms with van der Waals surface area (Å²) in [5, 5.41) is 2.42. The summed E-state index contributed by atoms with van der Waals surface area (Å²) in [5.41, 5.74) is 1.11. The van der Waals surface area contributed by atoms with Gasteiger partial charge in [0.05, 0.1) is 0 Å². The standard InChI is InChI=1S/C16H19ClN2/c1-11(12-7-8-12)19(2)16-15-6-4-3-5-14(15)13(9-17)10-18-16/h3-6,10-12H,7-9H2,1-2H3. The van der Waals surface area contributed by atoms with Crippen molar-refractivity contribution in [3.05, 3.63) is 36.0 Å². The lowest BCUT2D eigenvalue weighted by Gasteiger charge is -2.27. The second-order valence-corrected chi connectivity index (χ2v) is 5.74. The Kier molecular flexibility index (Phi) is 3.36. The molecule has 0 spiro atoms. The quantitative estimate of drug-likeness (QED) is 0.777. The number of benzene rings is 1. The summed E-state index contributed by atoms with van der Waals surface area (Å²) in [5.74, 6) is 2.41. The van der Waals surface area contributed by atoms with Crippen LogP contribution in [0, 0.1) is 5.92 Å². The Morgan fingerprint density at radius 3 is 2.63 bits per heavy atom. The number of aromatic nitrogens is 1. The molecule has 2 nitrogen and oxygen atoms in total. The third kappa shape index (κ3) is 2.30. The molecule has 2 aromatic rings. The van der Waals surface area contributed by atoms with Crippen molar-refractivity contribution in [2.24, 2.45) is 5.92 Å². The summed E-state index contributed by atoms with van der Waals surface area (Å²) in [6.07, 6.45) is 4.62. The Morgan fingerprint density at radius 1 is 1.32 bits per heavy atom. The van der Waals surface area contributed by atoms with E-state index in [-0.39, 0.29) is 0 Å². The van der Waals surface area contributed by atoms with Gasteiger partial charge in [-0.25, -0.2) is 4.98 Å². The van der Waals surface area contributed by atoms with E-state index in [1.165, 1.54) is 23.6 Å². The zero-order chi connectivity index (χ0) is 13.4. The predicted molar refractivity (Wildman–Crippen MR) is 81.9 cm³/mol. The largest absolute Gasteiger partial charge is 0.356 e. The Hall–Kier alpha value is -1.28. The van der Waals surface area contributed by atoms with E-state index >= 15 is 0 Å². The minimum Gasteiger partial charge on any atom is -0.356 e. The normalized spacial score (nSPS) is 16.6. The van der Waals surface area contributed by atoms with Crippen LogP contribution in [-0.2, 0) is 5.88 Å². The van der Waals surface area contributed by atoms with Gasteiger partial charge < -0.3 is 4.90 Å². The third-order valence-electron chi connectivity index (χ3n) is 4.25. The van der Waals surface area contributed by atoms with E-state index in [0.717, 1.165) is 17.3 Å². The molecule has 1 unspecified atom stereocenters. The minimum atomic E-state index is 0.510. The molecule has 1 atom stereocenters. The van der Waals surface area contributed by atoms with Gasteiger partial charge in [0.2, 0.25) is 0 Å². The molecule has 3 rings (SSSR count). The van der Waals surface area contributed by atoms with Gasteiger partial charge in [-0.3, -0.25) is 0 Å². The molecule has 3 heteroatoms. The maximum Gasteiger partial charge on any atom is 0.136 e. The van der Waals surface area contributed by atoms with Crippen LogP contribution < -0.4 is 4.90 Å². The van der Waals surface area contributed by atoms with E-state index in [1.807, 2.05) is 6.20 Å². The van der Waals surface area contributed by atoms with Crippen LogP contribution in [0.15, 0.2) is 30.5 Å². The van der Waals surface area contributed by atoms with Crippen molar-refractivity contribution in [2.75, 3.05) is 11.9 Å². The molecule has 0 radical (unpaired) electrons. The van der Waals surface area contributed by atoms with Crippen LogP contribution in [0.25, 0.3) is 10.8 Å². The van der Waals surface area contributed by atoms with Gasteiger partial charge in [-0.15, -0.1) is 11.6 Å². The predicted octanol–water partition coefficient (Wildman–Crippen LogP) is 4.21. The molecule has 0 N–H and O–H groups in total. The molecular formula is C16H19ClN2. The molecule has 1 saturated carbocycles. The van der Waals surface area contributed by atoms with Crippen molar-refractivity contribution < 1.29 is 0 Å². The van der Waals surface area contributed by atoms with Crippen LogP contribution in [-0.4, -0.2) is 18.1 Å². The number of fused-ring (bicyclic) bond motifs is 1. The first-order valence-corrected chi connectivity index (χ1v) is 7.41. The number of pyridine rings is 1. The van der Waals surface area contributed by atoms with Gasteiger partial charge in [0, 0.05) is 30.6 Å². The number of hydrogen-bond donors (Lipinski definition) is 0. The fourth-order valence-electron chi connectivity index (χ4n) is 2.71. The second kappa shape index (κ2) is 5.01. The third-order valence-corrected chi connectivity index (χ3v) is 4.54. The number of anilines is 1. The summed E-state index contributed by atoms with van der Waals surface area (Å²) >= 11 is 6.01. The fraction of sp³-hybridized carbons (Fsp3) is 0.438. The van der Waals surface area contributed by atoms with E-state index in [9.17, 15) is 0 Å². The lowest BCUT2D eigenvalue weighted by Crippen LogP contribution is -2.31. The number of halogens is 1. The van der Waals surface area contributed by atoms with Crippen LogP contribution in [0.3, 0.4) is 0 Å². The maximum atomic E-state index is 6.01. The summed E-state index contributed by atoms with van der Waals surface area (Å²) in [4.78, 5) is 6.97. The highest BCUT2D eigenvalue weighted by atomic mass is 35.5. The molecular weight excluding hydrogens is 256 g/mol. The fourth-order valence-corrected chi connectivity index (χ4v) is 2.92. The second-order valence-electron chi connectivity index (χ2n) is 5.48. The average molecular weight is 275 g/mol. The smallest absolute Gasteiger partial charge is 0.136 e. The number of rotatable bonds is 4. The first kappa shape index (κ1) is 12.7. The maximum absolute atomic E-state index is 6.01. The molecule has 0 bridgehead atoms. The highest BCUT2D eigenvalue weighted by Gasteiger charge is 2.31. The van der Waals surface area contributed by atoms with Crippen LogP contribution in [0.5, 0.6) is 0 Å². The van der Waals surface area contributed by atoms with Crippen molar-refractivity contribution in [3.8, 4) is 0 Å². The van der Waals surface area contributed by atoms with Crippen molar-refractivity contribution in [2.45, 2.75) is 31.7 Å². The first-order chi connectivity index (χ1) is 9.22. The van der Waals surface area contributed by atoms with Crippen LogP contribution >= 0.6 is 11.6 Å². The molecule has 0 aliphatic heterocycles. The average Bonchev–Trinajstić information content (AvgIpc) is 3.29. The zero-order valence-electron chi connectivity index (χ0n) is 11.4. The topological polar surface area (TPSA) is 16.1 Å². The van der Waals surface area contributed by atoms with Crippen LogP contribution in [0.4, 0.5) is 5.82 Å². The van der Waals surface area contributed by atoms with Crippen molar-refractivity contribution >= 4 is 28.2 Å². The molecule has 1 aromatic heterocycles. The summed E-state index contributed by atoms with van der Waals surface area (Å²) in [7, 11) is 2.15. The van der Waals surface area contributed by atoms with Gasteiger partial charge in [0.15, 0.2) is 0 Å². The van der Waals surface area contributed by atoms with Gasteiger partial charge in [-0.1, -0.05) is 24.3 Å². The zero-order valence-corrected chi connectivity index (χ0v) is 12.2. The molecule has 1 aromatic carbocycles. The summed E-state index contributed by atoms with van der Waals surface area (Å²) in [6, 6.07) is 8.96. The molecule has 1 fully saturated rings. The highest BCUT2D eigenvalue weighted by Crippen LogP contribution is 2.37. The highest BCUT2D eigenvalue weighted by molar-refractivity contribution is 6.18. The van der Waals surface area contributed by atoms with Crippen molar-refractivity contribution in [1.29, 1.82) is 0 Å². The molecule has 0 amide bonds. The SMILES string of the molecule is CC(C1CC1)N(C)c1ncc(CCl)c2ccccc12. The van der Waals surface area contributed by atoms with E-state index in [0.29, 0.717) is 11.9 Å². The van der Waals surface area contributed by atoms with E-state index in [1.54, 1.807) is 0 Å². The van der Waals surface area contributed by atoms with Crippen LogP contribution in [0.2, 0.25) is 0 Å². The van der Waals surface area contributed by atoms with E-state index in [4.69, 9.17) is 11.6 Å². The molecule has 1 aliphatic rings. The van der Waals surface area contributed by atoms with Gasteiger partial charge in [-0.2, -0.15) is 0 Å². The van der Waals surface area contributed by atoms with Crippen molar-refractivity contribution in [1.82, 2.24) is 4.98 Å². The number of nitrogens with zero attached hydrogens (tertiary/aromatic N) is 2. The molecule has 1 aliphatic carbocycles. The minimum absolute atomic E-state index is 0.510. The Labute approximate surface area is 119 Å². The van der Waals surface area contributed by atoms with Gasteiger partial charge in [-0.05, 0) is 36.6 Å². The van der Waals surface area contributed by atoms with Crippen LogP contribution in [0.1, 0.15) is 25.3 Å². The first-order valence-electron chi connectivity index (χ1n) is 6.87. The monoisotopic (exact) mass is 274 g/mol. The molecule has 0 saturated heterocycles. The van der Waals surface area contributed by atoms with E-state index in [2.05, 4.69) is 48.1 Å². The Balaban J connectivity index is 2.08. The molecule has 19 heavy (non-hydrogen) atoms. The lowest BCUT2D eigenvalue weighted by molar-refractivity contribution is 0.605. The summed E-state index contributed by atoms with van der Waals surface area (Å²) in [6.45, 7) is 2.30. The van der Waals surface area contributed by atoms with Crippen molar-refractivity contribution in [3.63, 3.8) is 0 Å². The molecule has 100 valence electrons. The number of hydrogen-bond acceptors (Lipinski definition) is 2. The van der Waals surface area contributed by atoms with Gasteiger partial charge in [0.25, 0.3) is 0 Å². The number of alkyl halides is 1.